The second kappa shape index (κ2) is 14.3. The molecule has 0 aliphatic carbocycles. The van der Waals surface area contributed by atoms with E-state index in [0.717, 1.165) is 0 Å². The maximum absolute atomic E-state index is 12.4. The molecule has 0 aliphatic rings. The van der Waals surface area contributed by atoms with Crippen LogP contribution in [-0.2, 0) is 24.0 Å². The molecule has 0 bridgehead atoms. The van der Waals surface area contributed by atoms with Gasteiger partial charge in [0.25, 0.3) is 0 Å². The highest BCUT2D eigenvalue weighted by atomic mass is 16.2. The second-order valence-corrected chi connectivity index (χ2v) is 6.70. The summed E-state index contributed by atoms with van der Waals surface area (Å²) in [5, 5.41) is 9.46. The van der Waals surface area contributed by atoms with Gasteiger partial charge in [0.15, 0.2) is 5.78 Å². The Kier molecular flexibility index (Phi) is 13.1. The Morgan fingerprint density at radius 3 is 1.35 bits per heavy atom. The summed E-state index contributed by atoms with van der Waals surface area (Å²) in [6.45, 7) is 0.117. The minimum atomic E-state index is -1.17. The minimum Gasteiger partial charge on any atom is -0.352 e. The lowest BCUT2D eigenvalue weighted by Crippen LogP contribution is -2.60. The molecule has 0 aliphatic heterocycles. The van der Waals surface area contributed by atoms with Crippen LogP contribution in [0.3, 0.4) is 0 Å². The van der Waals surface area contributed by atoms with Crippen LogP contribution in [0.2, 0.25) is 0 Å². The SMILES string of the molecule is CC(=O)C(CNC(=O)C(CN)NC(=O)C(N)CN)NC(=O)C(CN)NC(=O)C(N)CN. The van der Waals surface area contributed by atoms with Crippen LogP contribution in [-0.4, -0.2) is 92.3 Å². The summed E-state index contributed by atoms with van der Waals surface area (Å²) in [4.78, 5) is 60.1. The van der Waals surface area contributed by atoms with Gasteiger partial charge in [-0.2, -0.15) is 0 Å². The predicted molar refractivity (Wildman–Crippen MR) is 112 cm³/mol. The maximum atomic E-state index is 12.4. The molecule has 0 rings (SSSR count). The summed E-state index contributed by atoms with van der Waals surface area (Å²) in [6, 6.07) is -5.47. The zero-order valence-electron chi connectivity index (χ0n) is 17.4. The van der Waals surface area contributed by atoms with Gasteiger partial charge in [0, 0.05) is 32.7 Å². The quantitative estimate of drug-likeness (QED) is 0.119. The predicted octanol–water partition coefficient (Wildman–Crippen LogP) is -7.36. The number of ketones is 1. The van der Waals surface area contributed by atoms with Crippen molar-refractivity contribution in [2.45, 2.75) is 37.1 Å². The lowest BCUT2D eigenvalue weighted by molar-refractivity contribution is -0.132. The van der Waals surface area contributed by atoms with Gasteiger partial charge in [-0.25, -0.2) is 0 Å². The number of Topliss-reactive ketones (excluding diaryl/α,β-unsaturated/α-hetero) is 1. The van der Waals surface area contributed by atoms with E-state index in [-0.39, 0.29) is 32.7 Å². The van der Waals surface area contributed by atoms with Crippen molar-refractivity contribution in [3.05, 3.63) is 0 Å². The van der Waals surface area contributed by atoms with Gasteiger partial charge in [0.2, 0.25) is 23.6 Å². The lowest BCUT2D eigenvalue weighted by atomic mass is 10.1. The molecule has 0 radical (unpaired) electrons. The van der Waals surface area contributed by atoms with Crippen LogP contribution in [0.15, 0.2) is 0 Å². The van der Waals surface area contributed by atoms with E-state index in [1.54, 1.807) is 0 Å². The molecule has 4 amide bonds. The lowest BCUT2D eigenvalue weighted by Gasteiger charge is -2.23. The number of amides is 4. The summed E-state index contributed by atoms with van der Waals surface area (Å²) in [6.07, 6.45) is 0. The molecular weight excluding hydrogens is 412 g/mol. The van der Waals surface area contributed by atoms with Gasteiger partial charge in [-0.3, -0.25) is 24.0 Å². The maximum Gasteiger partial charge on any atom is 0.244 e. The van der Waals surface area contributed by atoms with Crippen LogP contribution in [0.25, 0.3) is 0 Å². The topological polar surface area (TPSA) is 290 Å². The highest BCUT2D eigenvalue weighted by Gasteiger charge is 2.27. The Morgan fingerprint density at radius 1 is 0.613 bits per heavy atom. The zero-order valence-corrected chi connectivity index (χ0v) is 17.4. The number of carbonyl (C=O) groups excluding carboxylic acids is 5. The highest BCUT2D eigenvalue weighted by Crippen LogP contribution is 1.92. The molecule has 0 aromatic rings. The van der Waals surface area contributed by atoms with Crippen molar-refractivity contribution in [3.63, 3.8) is 0 Å². The van der Waals surface area contributed by atoms with Crippen molar-refractivity contribution < 1.29 is 24.0 Å². The van der Waals surface area contributed by atoms with Gasteiger partial charge in [-0.15, -0.1) is 0 Å². The second-order valence-electron chi connectivity index (χ2n) is 6.70. The van der Waals surface area contributed by atoms with Gasteiger partial charge < -0.3 is 55.7 Å². The van der Waals surface area contributed by atoms with E-state index >= 15 is 0 Å². The number of nitrogens with one attached hydrogen (secondary N) is 4. The normalized spacial score (nSPS) is 15.6. The molecule has 15 heteroatoms. The highest BCUT2D eigenvalue weighted by molar-refractivity contribution is 5.94. The van der Waals surface area contributed by atoms with Crippen LogP contribution in [0.4, 0.5) is 0 Å². The van der Waals surface area contributed by atoms with Crippen molar-refractivity contribution in [2.75, 3.05) is 32.7 Å². The van der Waals surface area contributed by atoms with E-state index in [0.29, 0.717) is 0 Å². The third kappa shape index (κ3) is 9.77. The fraction of sp³-hybridized carbons (Fsp3) is 0.688. The van der Waals surface area contributed by atoms with E-state index in [2.05, 4.69) is 21.3 Å². The average Bonchev–Trinajstić information content (AvgIpc) is 2.75. The fourth-order valence-electron chi connectivity index (χ4n) is 2.13. The third-order valence-corrected chi connectivity index (χ3v) is 4.21. The van der Waals surface area contributed by atoms with Crippen molar-refractivity contribution in [3.8, 4) is 0 Å². The van der Waals surface area contributed by atoms with Crippen molar-refractivity contribution in [1.29, 1.82) is 0 Å². The summed E-state index contributed by atoms with van der Waals surface area (Å²) in [5.41, 5.74) is 32.6. The Morgan fingerprint density at radius 2 is 1.00 bits per heavy atom. The molecule has 0 saturated carbocycles. The third-order valence-electron chi connectivity index (χ3n) is 4.21. The Hall–Kier alpha value is -2.69. The van der Waals surface area contributed by atoms with Crippen LogP contribution < -0.4 is 55.7 Å². The van der Waals surface area contributed by atoms with E-state index in [1.807, 2.05) is 0 Å². The van der Waals surface area contributed by atoms with Crippen LogP contribution in [0, 0.1) is 0 Å². The minimum absolute atomic E-state index is 0.127. The molecule has 0 spiro atoms. The molecule has 0 aromatic carbocycles. The molecular formula is C16H34N10O5. The number of nitrogens with two attached hydrogens (primary N) is 6. The van der Waals surface area contributed by atoms with Gasteiger partial charge in [-0.05, 0) is 6.92 Å². The Labute approximate surface area is 179 Å². The van der Waals surface area contributed by atoms with Crippen LogP contribution in [0.1, 0.15) is 6.92 Å². The van der Waals surface area contributed by atoms with Gasteiger partial charge in [-0.1, -0.05) is 0 Å². The molecule has 0 fully saturated rings. The van der Waals surface area contributed by atoms with Gasteiger partial charge >= 0.3 is 0 Å². The first kappa shape index (κ1) is 28.3. The first-order valence-electron chi connectivity index (χ1n) is 9.52. The van der Waals surface area contributed by atoms with E-state index < -0.39 is 59.6 Å². The Bertz CT molecular complexity index is 646. The van der Waals surface area contributed by atoms with Crippen LogP contribution >= 0.6 is 0 Å². The molecule has 5 unspecified atom stereocenters. The smallest absolute Gasteiger partial charge is 0.244 e. The van der Waals surface area contributed by atoms with Gasteiger partial charge in [0.05, 0.1) is 12.1 Å². The molecule has 16 N–H and O–H groups in total. The number of rotatable bonds is 14. The van der Waals surface area contributed by atoms with Gasteiger partial charge in [0.1, 0.15) is 18.1 Å². The summed E-state index contributed by atoms with van der Waals surface area (Å²) < 4.78 is 0. The molecule has 0 saturated heterocycles. The first-order chi connectivity index (χ1) is 14.5. The molecule has 31 heavy (non-hydrogen) atoms. The summed E-state index contributed by atoms with van der Waals surface area (Å²) in [5.74, 6) is -3.28. The summed E-state index contributed by atoms with van der Waals surface area (Å²) in [7, 11) is 0. The number of hydrogen-bond acceptors (Lipinski definition) is 11. The van der Waals surface area contributed by atoms with Crippen LogP contribution in [0.5, 0.6) is 0 Å². The van der Waals surface area contributed by atoms with E-state index in [4.69, 9.17) is 34.4 Å². The molecule has 178 valence electrons. The largest absolute Gasteiger partial charge is 0.352 e. The first-order valence-corrected chi connectivity index (χ1v) is 9.52. The number of carbonyl (C=O) groups is 5. The van der Waals surface area contributed by atoms with Crippen molar-refractivity contribution in [2.24, 2.45) is 34.4 Å². The average molecular weight is 447 g/mol. The summed E-state index contributed by atoms with van der Waals surface area (Å²) >= 11 is 0. The molecule has 15 nitrogen and oxygen atoms in total. The van der Waals surface area contributed by atoms with Crippen molar-refractivity contribution >= 4 is 29.4 Å². The fourth-order valence-corrected chi connectivity index (χ4v) is 2.13. The molecule has 5 atom stereocenters. The molecule has 0 aromatic heterocycles. The number of hydrogen-bond donors (Lipinski definition) is 10. The van der Waals surface area contributed by atoms with E-state index in [1.165, 1.54) is 6.92 Å². The molecule has 0 heterocycles. The monoisotopic (exact) mass is 446 g/mol. The van der Waals surface area contributed by atoms with Crippen molar-refractivity contribution in [1.82, 2.24) is 21.3 Å². The zero-order chi connectivity index (χ0) is 24.1. The standard InChI is InChI=1S/C16H34N10O5/c1-7(27)12(26-16(31)11(5-20)25-14(29)9(22)3-18)6-23-15(30)10(4-19)24-13(28)8(21)2-17/h8-12H,2-6,17-22H2,1H3,(H,23,30)(H,24,28)(H,25,29)(H,26,31). The van der Waals surface area contributed by atoms with E-state index in [9.17, 15) is 24.0 Å². The Balaban J connectivity index is 4.96.